The predicted octanol–water partition coefficient (Wildman–Crippen LogP) is -3.80. The first-order valence-corrected chi connectivity index (χ1v) is 8.51. The van der Waals surface area contributed by atoms with E-state index in [1.54, 1.807) is 0 Å². The molecular formula is C17H30Na2O4. The minimum Gasteiger partial charge on any atom is -0.549 e. The summed E-state index contributed by atoms with van der Waals surface area (Å²) >= 11 is 0. The normalized spacial score (nSPS) is 10.0. The molecule has 0 spiro atoms. The molecular weight excluding hydrogens is 314 g/mol. The van der Waals surface area contributed by atoms with Crippen molar-refractivity contribution in [3.05, 3.63) is 0 Å². The summed E-state index contributed by atoms with van der Waals surface area (Å²) < 4.78 is 0. The molecule has 0 rings (SSSR count). The van der Waals surface area contributed by atoms with E-state index in [1.807, 2.05) is 0 Å². The van der Waals surface area contributed by atoms with Gasteiger partial charge >= 0.3 is 59.1 Å². The van der Waals surface area contributed by atoms with Crippen LogP contribution in [0.5, 0.6) is 0 Å². The SMILES string of the molecule is CCCCCCCCCCCCCCC(C(=O)[O-])C(=O)[O-].[Na+].[Na+]. The van der Waals surface area contributed by atoms with Gasteiger partial charge in [0.05, 0.1) is 11.9 Å². The van der Waals surface area contributed by atoms with E-state index in [-0.39, 0.29) is 65.5 Å². The summed E-state index contributed by atoms with van der Waals surface area (Å²) in [5.74, 6) is -4.51. The molecule has 0 saturated heterocycles. The Labute approximate surface area is 185 Å². The zero-order chi connectivity index (χ0) is 15.9. The van der Waals surface area contributed by atoms with Crippen LogP contribution in [0.4, 0.5) is 0 Å². The standard InChI is InChI=1S/C17H32O4.2Na/c1-2-3-4-5-6-7-8-9-10-11-12-13-14-15(16(18)19)17(20)21;;/h15H,2-14H2,1H3,(H,18,19)(H,20,21);;/q;2*+1/p-2. The van der Waals surface area contributed by atoms with Gasteiger partial charge in [-0.2, -0.15) is 0 Å². The molecule has 0 heterocycles. The molecule has 6 heteroatoms. The largest absolute Gasteiger partial charge is 1.00 e. The molecule has 0 aliphatic carbocycles. The molecule has 0 bridgehead atoms. The summed E-state index contributed by atoms with van der Waals surface area (Å²) in [6, 6.07) is 0. The quantitative estimate of drug-likeness (QED) is 0.173. The number of carboxylic acids is 2. The van der Waals surface area contributed by atoms with Crippen LogP contribution in [0, 0.1) is 5.92 Å². The van der Waals surface area contributed by atoms with Gasteiger partial charge in [0, 0.05) is 5.92 Å². The fraction of sp³-hybridized carbons (Fsp3) is 0.882. The summed E-state index contributed by atoms with van der Waals surface area (Å²) in [4.78, 5) is 21.1. The van der Waals surface area contributed by atoms with Crippen molar-refractivity contribution in [1.29, 1.82) is 0 Å². The average Bonchev–Trinajstić information content (AvgIpc) is 2.43. The molecule has 0 fully saturated rings. The number of carbonyl (C=O) groups excluding carboxylic acids is 2. The number of rotatable bonds is 15. The molecule has 0 aliphatic rings. The molecule has 23 heavy (non-hydrogen) atoms. The second-order valence-corrected chi connectivity index (χ2v) is 5.87. The van der Waals surface area contributed by atoms with Crippen LogP contribution >= 0.6 is 0 Å². The van der Waals surface area contributed by atoms with E-state index in [1.165, 1.54) is 51.4 Å². The van der Waals surface area contributed by atoms with Crippen LogP contribution in [0.3, 0.4) is 0 Å². The summed E-state index contributed by atoms with van der Waals surface area (Å²) in [6.07, 6.45) is 14.3. The average molecular weight is 344 g/mol. The first-order chi connectivity index (χ1) is 10.1. The summed E-state index contributed by atoms with van der Waals surface area (Å²) in [7, 11) is 0. The molecule has 124 valence electrons. The topological polar surface area (TPSA) is 80.3 Å². The third kappa shape index (κ3) is 19.1. The first-order valence-electron chi connectivity index (χ1n) is 8.51. The Kier molecular flexibility index (Phi) is 26.2. The third-order valence-electron chi connectivity index (χ3n) is 3.92. The first kappa shape index (κ1) is 28.7. The van der Waals surface area contributed by atoms with Crippen molar-refractivity contribution in [2.24, 2.45) is 5.92 Å². The van der Waals surface area contributed by atoms with Gasteiger partial charge in [-0.15, -0.1) is 0 Å². The zero-order valence-electron chi connectivity index (χ0n) is 15.4. The summed E-state index contributed by atoms with van der Waals surface area (Å²) in [5.41, 5.74) is 0. The van der Waals surface area contributed by atoms with Crippen LogP contribution in [0.25, 0.3) is 0 Å². The molecule has 0 aromatic rings. The van der Waals surface area contributed by atoms with Crippen LogP contribution in [0.15, 0.2) is 0 Å². The van der Waals surface area contributed by atoms with Gasteiger partial charge in [-0.05, 0) is 6.42 Å². The van der Waals surface area contributed by atoms with E-state index >= 15 is 0 Å². The number of carboxylic acid groups (broad SMARTS) is 2. The second-order valence-electron chi connectivity index (χ2n) is 5.87. The number of aliphatic carboxylic acids is 2. The maximum absolute atomic E-state index is 10.5. The molecule has 0 N–H and O–H groups in total. The Balaban J connectivity index is -0.00000200. The second kappa shape index (κ2) is 21.0. The van der Waals surface area contributed by atoms with Crippen molar-refractivity contribution in [3.8, 4) is 0 Å². The van der Waals surface area contributed by atoms with Crippen molar-refractivity contribution >= 4 is 11.9 Å². The Bertz CT molecular complexity index is 272. The number of unbranched alkanes of at least 4 members (excludes halogenated alkanes) is 11. The molecule has 0 aliphatic heterocycles. The van der Waals surface area contributed by atoms with Gasteiger partial charge < -0.3 is 19.8 Å². The fourth-order valence-corrected chi connectivity index (χ4v) is 2.52. The molecule has 0 saturated carbocycles. The van der Waals surface area contributed by atoms with Gasteiger partial charge in [0.15, 0.2) is 0 Å². The Morgan fingerprint density at radius 2 is 0.957 bits per heavy atom. The molecule has 0 amide bonds. The Morgan fingerprint density at radius 3 is 1.26 bits per heavy atom. The fourth-order valence-electron chi connectivity index (χ4n) is 2.52. The zero-order valence-corrected chi connectivity index (χ0v) is 19.4. The number of carbonyl (C=O) groups is 2. The molecule has 0 aromatic carbocycles. The summed E-state index contributed by atoms with van der Waals surface area (Å²) in [6.45, 7) is 2.22. The molecule has 0 radical (unpaired) electrons. The smallest absolute Gasteiger partial charge is 0.549 e. The molecule has 4 nitrogen and oxygen atoms in total. The third-order valence-corrected chi connectivity index (χ3v) is 3.92. The van der Waals surface area contributed by atoms with E-state index in [0.717, 1.165) is 19.3 Å². The van der Waals surface area contributed by atoms with Gasteiger partial charge in [-0.3, -0.25) is 0 Å². The van der Waals surface area contributed by atoms with E-state index in [4.69, 9.17) is 0 Å². The minimum absolute atomic E-state index is 0. The van der Waals surface area contributed by atoms with Gasteiger partial charge in [0.25, 0.3) is 0 Å². The molecule has 0 aromatic heterocycles. The maximum atomic E-state index is 10.5. The van der Waals surface area contributed by atoms with Crippen LogP contribution < -0.4 is 69.3 Å². The van der Waals surface area contributed by atoms with Gasteiger partial charge in [-0.1, -0.05) is 84.0 Å². The number of hydrogen-bond acceptors (Lipinski definition) is 4. The van der Waals surface area contributed by atoms with Crippen molar-refractivity contribution in [1.82, 2.24) is 0 Å². The number of hydrogen-bond donors (Lipinski definition) is 0. The van der Waals surface area contributed by atoms with E-state index in [9.17, 15) is 19.8 Å². The minimum atomic E-state index is -1.53. The maximum Gasteiger partial charge on any atom is 1.00 e. The van der Waals surface area contributed by atoms with Crippen LogP contribution in [0.2, 0.25) is 0 Å². The van der Waals surface area contributed by atoms with Crippen molar-refractivity contribution in [2.45, 2.75) is 90.4 Å². The Hall–Kier alpha value is 0.940. The van der Waals surface area contributed by atoms with Crippen molar-refractivity contribution in [3.63, 3.8) is 0 Å². The molecule has 0 atom stereocenters. The van der Waals surface area contributed by atoms with Crippen molar-refractivity contribution < 1.29 is 78.9 Å². The van der Waals surface area contributed by atoms with E-state index in [2.05, 4.69) is 6.92 Å². The van der Waals surface area contributed by atoms with Crippen LogP contribution in [0.1, 0.15) is 90.4 Å². The van der Waals surface area contributed by atoms with E-state index in [0.29, 0.717) is 6.42 Å². The Morgan fingerprint density at radius 1 is 0.652 bits per heavy atom. The van der Waals surface area contributed by atoms with Crippen LogP contribution in [-0.4, -0.2) is 11.9 Å². The van der Waals surface area contributed by atoms with Gasteiger partial charge in [-0.25, -0.2) is 0 Å². The predicted molar refractivity (Wildman–Crippen MR) is 79.2 cm³/mol. The summed E-state index contributed by atoms with van der Waals surface area (Å²) in [5, 5.41) is 21.1. The van der Waals surface area contributed by atoms with Gasteiger partial charge in [0.1, 0.15) is 0 Å². The van der Waals surface area contributed by atoms with Crippen LogP contribution in [-0.2, 0) is 9.59 Å². The molecule has 0 unspecified atom stereocenters. The van der Waals surface area contributed by atoms with Gasteiger partial charge in [0.2, 0.25) is 0 Å². The monoisotopic (exact) mass is 344 g/mol. The van der Waals surface area contributed by atoms with E-state index < -0.39 is 17.9 Å². The van der Waals surface area contributed by atoms with Crippen molar-refractivity contribution in [2.75, 3.05) is 0 Å².